The van der Waals surface area contributed by atoms with Crippen LogP contribution in [-0.4, -0.2) is 24.3 Å². The van der Waals surface area contributed by atoms with Crippen LogP contribution in [0.1, 0.15) is 5.56 Å². The third kappa shape index (κ3) is 3.27. The van der Waals surface area contributed by atoms with Crippen molar-refractivity contribution in [3.8, 4) is 17.2 Å². The lowest BCUT2D eigenvalue weighted by Crippen LogP contribution is -2.29. The van der Waals surface area contributed by atoms with E-state index in [2.05, 4.69) is 0 Å². The van der Waals surface area contributed by atoms with Gasteiger partial charge in [0.1, 0.15) is 17.2 Å². The first-order chi connectivity index (χ1) is 9.10. The smallest absolute Gasteiger partial charge is 0.488 e. The number of hydrogen-bond acceptors (Lipinski definition) is 4. The minimum atomic E-state index is -1.46. The topological polar surface area (TPSA) is 58.9 Å². The van der Waals surface area contributed by atoms with Gasteiger partial charge in [0.2, 0.25) is 0 Å². The van der Waals surface area contributed by atoms with E-state index in [1.165, 1.54) is 0 Å². The first-order valence-electron chi connectivity index (χ1n) is 5.89. The molecule has 0 unspecified atom stereocenters. The van der Waals surface area contributed by atoms with E-state index < -0.39 is 7.12 Å². The summed E-state index contributed by atoms with van der Waals surface area (Å²) in [5.74, 6) is 2.05. The minimum Gasteiger partial charge on any atom is -0.496 e. The summed E-state index contributed by atoms with van der Waals surface area (Å²) in [6.07, 6.45) is 0. The third-order valence-electron chi connectivity index (χ3n) is 2.79. The van der Waals surface area contributed by atoms with Gasteiger partial charge in [-0.3, -0.25) is 0 Å². The van der Waals surface area contributed by atoms with E-state index in [4.69, 9.17) is 19.5 Å². The van der Waals surface area contributed by atoms with Crippen LogP contribution in [0.2, 0.25) is 0 Å². The maximum absolute atomic E-state index is 9.00. The molecule has 0 aliphatic heterocycles. The molecule has 0 heterocycles. The highest BCUT2D eigenvalue weighted by Crippen LogP contribution is 2.27. The Morgan fingerprint density at radius 1 is 0.947 bits per heavy atom. The van der Waals surface area contributed by atoms with E-state index in [1.54, 1.807) is 31.4 Å². The van der Waals surface area contributed by atoms with Gasteiger partial charge < -0.3 is 19.5 Å². The van der Waals surface area contributed by atoms with Gasteiger partial charge >= 0.3 is 7.12 Å². The summed E-state index contributed by atoms with van der Waals surface area (Å²) >= 11 is 0. The van der Waals surface area contributed by atoms with Crippen molar-refractivity contribution < 1.29 is 19.5 Å². The van der Waals surface area contributed by atoms with Crippen LogP contribution in [0, 0.1) is 6.92 Å². The lowest BCUT2D eigenvalue weighted by atomic mass is 9.80. The van der Waals surface area contributed by atoms with E-state index in [-0.39, 0.29) is 0 Å². The zero-order valence-corrected chi connectivity index (χ0v) is 10.8. The summed E-state index contributed by atoms with van der Waals surface area (Å²) < 4.78 is 10.9. The third-order valence-corrected chi connectivity index (χ3v) is 2.79. The lowest BCUT2D eigenvalue weighted by Gasteiger charge is -2.09. The molecule has 0 aliphatic rings. The van der Waals surface area contributed by atoms with Gasteiger partial charge in [-0.1, -0.05) is 18.2 Å². The van der Waals surface area contributed by atoms with Gasteiger partial charge in [0.05, 0.1) is 7.11 Å². The van der Waals surface area contributed by atoms with Gasteiger partial charge in [-0.25, -0.2) is 0 Å². The lowest BCUT2D eigenvalue weighted by molar-refractivity contribution is 0.406. The van der Waals surface area contributed by atoms with E-state index in [9.17, 15) is 0 Å². The standard InChI is InChI=1S/C14H15BO4/c1-10-3-6-13(9-14(10)18-2)19-12-7-4-11(5-8-12)15(16)17/h3-9,16-17H,1-2H3. The van der Waals surface area contributed by atoms with Crippen LogP contribution in [0.25, 0.3) is 0 Å². The molecule has 0 bridgehead atoms. The van der Waals surface area contributed by atoms with E-state index in [1.807, 2.05) is 25.1 Å². The number of methoxy groups -OCH3 is 1. The normalized spacial score (nSPS) is 10.1. The summed E-state index contributed by atoms with van der Waals surface area (Å²) in [4.78, 5) is 0. The molecule has 0 fully saturated rings. The van der Waals surface area contributed by atoms with Gasteiger partial charge in [0.25, 0.3) is 0 Å². The van der Waals surface area contributed by atoms with Gasteiger partial charge in [0, 0.05) is 6.07 Å². The highest BCUT2D eigenvalue weighted by molar-refractivity contribution is 6.58. The number of benzene rings is 2. The molecule has 4 nitrogen and oxygen atoms in total. The first-order valence-corrected chi connectivity index (χ1v) is 5.89. The molecule has 0 atom stereocenters. The molecule has 0 radical (unpaired) electrons. The van der Waals surface area contributed by atoms with Crippen LogP contribution < -0.4 is 14.9 Å². The highest BCUT2D eigenvalue weighted by atomic mass is 16.5. The molecule has 0 saturated carbocycles. The van der Waals surface area contributed by atoms with Crippen molar-refractivity contribution in [2.75, 3.05) is 7.11 Å². The molecule has 98 valence electrons. The van der Waals surface area contributed by atoms with Gasteiger partial charge in [0.15, 0.2) is 0 Å². The molecule has 0 aliphatic carbocycles. The molecule has 2 aromatic carbocycles. The zero-order valence-electron chi connectivity index (χ0n) is 10.8. The largest absolute Gasteiger partial charge is 0.496 e. The van der Waals surface area contributed by atoms with Crippen LogP contribution >= 0.6 is 0 Å². The molecule has 0 spiro atoms. The maximum Gasteiger partial charge on any atom is 0.488 e. The van der Waals surface area contributed by atoms with Crippen LogP contribution in [-0.2, 0) is 0 Å². The molecule has 19 heavy (non-hydrogen) atoms. The molecule has 2 rings (SSSR count). The Bertz CT molecular complexity index is 552. The van der Waals surface area contributed by atoms with Crippen molar-refractivity contribution in [2.45, 2.75) is 6.92 Å². The molecular weight excluding hydrogens is 243 g/mol. The maximum atomic E-state index is 9.00. The summed E-state index contributed by atoms with van der Waals surface area (Å²) in [5.41, 5.74) is 1.46. The average Bonchev–Trinajstić information content (AvgIpc) is 2.41. The van der Waals surface area contributed by atoms with Crippen molar-refractivity contribution in [1.29, 1.82) is 0 Å². The van der Waals surface area contributed by atoms with E-state index >= 15 is 0 Å². The number of hydrogen-bond donors (Lipinski definition) is 2. The second-order valence-electron chi connectivity index (χ2n) is 4.18. The van der Waals surface area contributed by atoms with E-state index in [0.29, 0.717) is 17.0 Å². The quantitative estimate of drug-likeness (QED) is 0.815. The van der Waals surface area contributed by atoms with Crippen molar-refractivity contribution in [3.63, 3.8) is 0 Å². The molecule has 2 aromatic rings. The Morgan fingerprint density at radius 2 is 1.58 bits per heavy atom. The summed E-state index contributed by atoms with van der Waals surface area (Å²) in [5, 5.41) is 18.0. The molecule has 2 N–H and O–H groups in total. The highest BCUT2D eigenvalue weighted by Gasteiger charge is 2.10. The molecule has 0 aromatic heterocycles. The Hall–Kier alpha value is -1.98. The Morgan fingerprint density at radius 3 is 2.16 bits per heavy atom. The van der Waals surface area contributed by atoms with Crippen molar-refractivity contribution in [1.82, 2.24) is 0 Å². The van der Waals surface area contributed by atoms with Gasteiger partial charge in [-0.2, -0.15) is 0 Å². The Labute approximate surface area is 112 Å². The van der Waals surface area contributed by atoms with Gasteiger partial charge in [-0.05, 0) is 36.1 Å². The molecule has 0 saturated heterocycles. The van der Waals surface area contributed by atoms with Crippen molar-refractivity contribution in [3.05, 3.63) is 48.0 Å². The zero-order chi connectivity index (χ0) is 13.8. The summed E-state index contributed by atoms with van der Waals surface area (Å²) in [6, 6.07) is 12.1. The van der Waals surface area contributed by atoms with Crippen LogP contribution in [0.4, 0.5) is 0 Å². The molecular formula is C14H15BO4. The number of rotatable bonds is 4. The molecule has 0 amide bonds. The fourth-order valence-electron chi connectivity index (χ4n) is 1.71. The number of ether oxygens (including phenoxy) is 2. The predicted octanol–water partition coefficient (Wildman–Crippen LogP) is 1.48. The predicted molar refractivity (Wildman–Crippen MR) is 74.1 cm³/mol. The fourth-order valence-corrected chi connectivity index (χ4v) is 1.71. The summed E-state index contributed by atoms with van der Waals surface area (Å²) in [7, 11) is 0.150. The van der Waals surface area contributed by atoms with Crippen LogP contribution in [0.3, 0.4) is 0 Å². The van der Waals surface area contributed by atoms with Crippen LogP contribution in [0.5, 0.6) is 17.2 Å². The Kier molecular flexibility index (Phi) is 4.09. The average molecular weight is 258 g/mol. The van der Waals surface area contributed by atoms with Gasteiger partial charge in [-0.15, -0.1) is 0 Å². The first kappa shape index (κ1) is 13.5. The Balaban J connectivity index is 2.16. The van der Waals surface area contributed by atoms with Crippen molar-refractivity contribution >= 4 is 12.6 Å². The fraction of sp³-hybridized carbons (Fsp3) is 0.143. The van der Waals surface area contributed by atoms with E-state index in [0.717, 1.165) is 11.3 Å². The number of aryl methyl sites for hydroxylation is 1. The van der Waals surface area contributed by atoms with Crippen LogP contribution in [0.15, 0.2) is 42.5 Å². The SMILES string of the molecule is COc1cc(Oc2ccc(B(O)O)cc2)ccc1C. The minimum absolute atomic E-state index is 0.425. The monoisotopic (exact) mass is 258 g/mol. The second kappa shape index (κ2) is 5.78. The second-order valence-corrected chi connectivity index (χ2v) is 4.18. The van der Waals surface area contributed by atoms with Crippen molar-refractivity contribution in [2.24, 2.45) is 0 Å². The summed E-state index contributed by atoms with van der Waals surface area (Å²) in [6.45, 7) is 1.96. The molecule has 5 heteroatoms.